The van der Waals surface area contributed by atoms with E-state index in [2.05, 4.69) is 4.98 Å². The molecule has 0 aliphatic rings. The fourth-order valence-electron chi connectivity index (χ4n) is 2.72. The van der Waals surface area contributed by atoms with Crippen molar-refractivity contribution in [3.8, 4) is 22.1 Å². The Balaban J connectivity index is 1.64. The number of aromatic nitrogens is 1. The summed E-state index contributed by atoms with van der Waals surface area (Å²) in [5.74, 6) is 1.41. The lowest BCUT2D eigenvalue weighted by Crippen LogP contribution is -2.28. The molecule has 0 N–H and O–H groups in total. The van der Waals surface area contributed by atoms with Crippen molar-refractivity contribution in [1.82, 2.24) is 9.88 Å². The van der Waals surface area contributed by atoms with Crippen molar-refractivity contribution in [2.45, 2.75) is 6.42 Å². The molecule has 0 atom stereocenters. The SMILES string of the molecule is COc1ccc(CCN(C)C(=O)c2ccc(-c3ccccn3)s2)cc1OC. The Hall–Kier alpha value is -2.86. The minimum atomic E-state index is 0.0163. The van der Waals surface area contributed by atoms with E-state index in [4.69, 9.17) is 9.47 Å². The molecule has 2 heterocycles. The van der Waals surface area contributed by atoms with E-state index in [-0.39, 0.29) is 5.91 Å². The molecule has 0 saturated carbocycles. The number of methoxy groups -OCH3 is 2. The second-order valence-corrected chi connectivity index (χ2v) is 7.13. The Labute approximate surface area is 163 Å². The number of pyridine rings is 1. The first-order chi connectivity index (χ1) is 13.1. The maximum absolute atomic E-state index is 12.7. The van der Waals surface area contributed by atoms with Crippen molar-refractivity contribution in [2.24, 2.45) is 0 Å². The molecule has 6 heteroatoms. The van der Waals surface area contributed by atoms with Crippen LogP contribution in [-0.2, 0) is 6.42 Å². The molecule has 0 fully saturated rings. The van der Waals surface area contributed by atoms with E-state index in [1.54, 1.807) is 25.3 Å². The van der Waals surface area contributed by atoms with Crippen LogP contribution >= 0.6 is 11.3 Å². The summed E-state index contributed by atoms with van der Waals surface area (Å²) in [5.41, 5.74) is 1.97. The molecule has 0 unspecified atom stereocenters. The highest BCUT2D eigenvalue weighted by molar-refractivity contribution is 7.17. The van der Waals surface area contributed by atoms with Crippen LogP contribution in [0.5, 0.6) is 11.5 Å². The number of thiophene rings is 1. The minimum absolute atomic E-state index is 0.0163. The predicted molar refractivity (Wildman–Crippen MR) is 108 cm³/mol. The van der Waals surface area contributed by atoms with Gasteiger partial charge >= 0.3 is 0 Å². The Kier molecular flexibility index (Phi) is 6.08. The van der Waals surface area contributed by atoms with Crippen LogP contribution < -0.4 is 9.47 Å². The average Bonchev–Trinajstić information content (AvgIpc) is 3.22. The van der Waals surface area contributed by atoms with Gasteiger partial charge in [-0.15, -0.1) is 11.3 Å². The topological polar surface area (TPSA) is 51.7 Å². The van der Waals surface area contributed by atoms with Crippen molar-refractivity contribution in [1.29, 1.82) is 0 Å². The van der Waals surface area contributed by atoms with Gasteiger partial charge in [0.15, 0.2) is 11.5 Å². The van der Waals surface area contributed by atoms with Crippen molar-refractivity contribution in [2.75, 3.05) is 27.8 Å². The van der Waals surface area contributed by atoms with Crippen molar-refractivity contribution in [3.05, 3.63) is 65.2 Å². The van der Waals surface area contributed by atoms with Crippen LogP contribution in [0.4, 0.5) is 0 Å². The minimum Gasteiger partial charge on any atom is -0.493 e. The van der Waals surface area contributed by atoms with Gasteiger partial charge in [0.1, 0.15) is 0 Å². The molecule has 0 spiro atoms. The molecule has 0 bridgehead atoms. The Bertz CT molecular complexity index is 909. The summed E-state index contributed by atoms with van der Waals surface area (Å²) in [6, 6.07) is 15.4. The largest absolute Gasteiger partial charge is 0.493 e. The summed E-state index contributed by atoms with van der Waals surface area (Å²) in [6.45, 7) is 0.616. The number of carbonyl (C=O) groups excluding carboxylic acids is 1. The fourth-order valence-corrected chi connectivity index (χ4v) is 3.70. The second-order valence-electron chi connectivity index (χ2n) is 6.04. The van der Waals surface area contributed by atoms with Gasteiger partial charge < -0.3 is 14.4 Å². The lowest BCUT2D eigenvalue weighted by Gasteiger charge is -2.17. The number of amides is 1. The number of benzene rings is 1. The van der Waals surface area contributed by atoms with Crippen LogP contribution in [0, 0.1) is 0 Å². The van der Waals surface area contributed by atoms with Crippen LogP contribution in [0.1, 0.15) is 15.2 Å². The molecule has 3 aromatic rings. The molecule has 0 aliphatic heterocycles. The van der Waals surface area contributed by atoms with Gasteiger partial charge in [0.2, 0.25) is 0 Å². The van der Waals surface area contributed by atoms with Crippen molar-refractivity contribution >= 4 is 17.2 Å². The zero-order chi connectivity index (χ0) is 19.2. The summed E-state index contributed by atoms with van der Waals surface area (Å²) < 4.78 is 10.6. The second kappa shape index (κ2) is 8.68. The lowest BCUT2D eigenvalue weighted by molar-refractivity contribution is 0.0801. The molecule has 0 saturated heterocycles. The maximum Gasteiger partial charge on any atom is 0.263 e. The zero-order valence-corrected chi connectivity index (χ0v) is 16.5. The highest BCUT2D eigenvalue weighted by Gasteiger charge is 2.15. The highest BCUT2D eigenvalue weighted by Crippen LogP contribution is 2.29. The summed E-state index contributed by atoms with van der Waals surface area (Å²) in [4.78, 5) is 20.5. The van der Waals surface area contributed by atoms with E-state index in [0.717, 1.165) is 22.6 Å². The molecule has 2 aromatic heterocycles. The first kappa shape index (κ1) is 18.9. The van der Waals surface area contributed by atoms with E-state index in [1.165, 1.54) is 11.3 Å². The number of rotatable bonds is 7. The molecule has 1 amide bonds. The number of hydrogen-bond donors (Lipinski definition) is 0. The summed E-state index contributed by atoms with van der Waals surface area (Å²) in [6.07, 6.45) is 2.49. The normalized spacial score (nSPS) is 10.5. The number of carbonyl (C=O) groups is 1. The van der Waals surface area contributed by atoms with E-state index in [0.29, 0.717) is 22.9 Å². The fraction of sp³-hybridized carbons (Fsp3) is 0.238. The molecule has 27 heavy (non-hydrogen) atoms. The third-order valence-corrected chi connectivity index (χ3v) is 5.36. The van der Waals surface area contributed by atoms with Gasteiger partial charge in [0.25, 0.3) is 5.91 Å². The molecule has 140 valence electrons. The van der Waals surface area contributed by atoms with Crippen LogP contribution in [0.25, 0.3) is 10.6 Å². The van der Waals surface area contributed by atoms with Gasteiger partial charge in [0.05, 0.1) is 29.7 Å². The van der Waals surface area contributed by atoms with Gasteiger partial charge in [-0.25, -0.2) is 0 Å². The van der Waals surface area contributed by atoms with E-state index >= 15 is 0 Å². The first-order valence-electron chi connectivity index (χ1n) is 8.60. The van der Waals surface area contributed by atoms with E-state index < -0.39 is 0 Å². The molecule has 0 aliphatic carbocycles. The number of likely N-dealkylation sites (N-methyl/N-ethyl adjacent to an activating group) is 1. The van der Waals surface area contributed by atoms with Crippen molar-refractivity contribution in [3.63, 3.8) is 0 Å². The lowest BCUT2D eigenvalue weighted by atomic mass is 10.1. The number of nitrogens with zero attached hydrogens (tertiary/aromatic N) is 2. The van der Waals surface area contributed by atoms with Gasteiger partial charge in [-0.2, -0.15) is 0 Å². The third kappa shape index (κ3) is 4.46. The van der Waals surface area contributed by atoms with E-state index in [9.17, 15) is 4.79 Å². The maximum atomic E-state index is 12.7. The molecular formula is C21H22N2O3S. The van der Waals surface area contributed by atoms with Gasteiger partial charge in [-0.05, 0) is 48.4 Å². The summed E-state index contributed by atoms with van der Waals surface area (Å²) in [5, 5.41) is 0. The standard InChI is InChI=1S/C21H22N2O3S/c1-23(13-11-15-7-8-17(25-2)18(14-15)26-3)21(24)20-10-9-19(27-20)16-6-4-5-12-22-16/h4-10,12,14H,11,13H2,1-3H3. The van der Waals surface area contributed by atoms with Gasteiger partial charge in [-0.1, -0.05) is 12.1 Å². The molecule has 1 aromatic carbocycles. The van der Waals surface area contributed by atoms with Gasteiger partial charge in [0, 0.05) is 19.8 Å². The number of ether oxygens (including phenoxy) is 2. The quantitative estimate of drug-likeness (QED) is 0.616. The Morgan fingerprint density at radius 1 is 1.07 bits per heavy atom. The summed E-state index contributed by atoms with van der Waals surface area (Å²) >= 11 is 1.46. The molecule has 3 rings (SSSR count). The Morgan fingerprint density at radius 3 is 2.59 bits per heavy atom. The molecule has 5 nitrogen and oxygen atoms in total. The third-order valence-electron chi connectivity index (χ3n) is 4.26. The highest BCUT2D eigenvalue weighted by atomic mass is 32.1. The number of hydrogen-bond acceptors (Lipinski definition) is 5. The van der Waals surface area contributed by atoms with E-state index in [1.807, 2.05) is 55.6 Å². The van der Waals surface area contributed by atoms with Gasteiger partial charge in [-0.3, -0.25) is 9.78 Å². The van der Waals surface area contributed by atoms with Crippen LogP contribution in [0.2, 0.25) is 0 Å². The van der Waals surface area contributed by atoms with Crippen LogP contribution in [0.15, 0.2) is 54.7 Å². The zero-order valence-electron chi connectivity index (χ0n) is 15.6. The van der Waals surface area contributed by atoms with Crippen LogP contribution in [-0.4, -0.2) is 43.6 Å². The smallest absolute Gasteiger partial charge is 0.263 e. The first-order valence-corrected chi connectivity index (χ1v) is 9.41. The van der Waals surface area contributed by atoms with Crippen molar-refractivity contribution < 1.29 is 14.3 Å². The average molecular weight is 382 g/mol. The predicted octanol–water partition coefficient (Wildman–Crippen LogP) is 4.14. The Morgan fingerprint density at radius 2 is 1.89 bits per heavy atom. The van der Waals surface area contributed by atoms with Crippen LogP contribution in [0.3, 0.4) is 0 Å². The monoisotopic (exact) mass is 382 g/mol. The summed E-state index contributed by atoms with van der Waals surface area (Å²) in [7, 11) is 5.06. The molecular weight excluding hydrogens is 360 g/mol. The molecule has 0 radical (unpaired) electrons.